The Morgan fingerprint density at radius 1 is 0.921 bits per heavy atom. The van der Waals surface area contributed by atoms with Crippen LogP contribution < -0.4 is 5.32 Å². The monoisotopic (exact) mass is 510 g/mol. The second kappa shape index (κ2) is 10.1. The highest BCUT2D eigenvalue weighted by Gasteiger charge is 2.38. The summed E-state index contributed by atoms with van der Waals surface area (Å²) in [5.74, 6) is -1.83. The second-order valence-corrected chi connectivity index (χ2v) is 9.73. The topological polar surface area (TPSA) is 75.7 Å². The van der Waals surface area contributed by atoms with Crippen molar-refractivity contribution in [3.63, 3.8) is 0 Å². The summed E-state index contributed by atoms with van der Waals surface area (Å²) in [7, 11) is 1.31. The fourth-order valence-corrected chi connectivity index (χ4v) is 4.93. The van der Waals surface area contributed by atoms with Gasteiger partial charge in [-0.15, -0.1) is 0 Å². The van der Waals surface area contributed by atoms with Crippen LogP contribution in [-0.2, 0) is 16.1 Å². The number of methoxy groups -OCH3 is 1. The zero-order chi connectivity index (χ0) is 27.0. The van der Waals surface area contributed by atoms with Crippen LogP contribution in [0.15, 0.2) is 78.9 Å². The summed E-state index contributed by atoms with van der Waals surface area (Å²) in [5.41, 5.74) is 2.99. The number of ether oxygens (including phenoxy) is 1. The third-order valence-electron chi connectivity index (χ3n) is 6.91. The van der Waals surface area contributed by atoms with Crippen LogP contribution in [0.4, 0.5) is 10.1 Å². The number of carbonyl (C=O) groups excluding carboxylic acids is 3. The minimum Gasteiger partial charge on any atom is -0.467 e. The van der Waals surface area contributed by atoms with Crippen LogP contribution in [0.5, 0.6) is 0 Å². The molecule has 4 aromatic carbocycles. The van der Waals surface area contributed by atoms with Crippen LogP contribution in [0.25, 0.3) is 21.9 Å². The second-order valence-electron chi connectivity index (χ2n) is 9.73. The summed E-state index contributed by atoms with van der Waals surface area (Å²) < 4.78 is 20.0. The lowest BCUT2D eigenvalue weighted by molar-refractivity contribution is -0.147. The van der Waals surface area contributed by atoms with E-state index in [0.717, 1.165) is 16.3 Å². The summed E-state index contributed by atoms with van der Waals surface area (Å²) in [6, 6.07) is 22.2. The standard InChI is InChI=1S/C31H27FN2O4/c1-18(2)28(31(37)38-3)34-17-24-11-9-21(15-25(24)30(34)36)22-12-13-27(26(32)16-22)33-29(35)23-10-8-19-6-4-5-7-20(19)14-23/h4-16,18,28H,17H2,1-3H3,(H,33,35). The first kappa shape index (κ1) is 25.1. The smallest absolute Gasteiger partial charge is 0.328 e. The molecule has 5 rings (SSSR count). The van der Waals surface area contributed by atoms with Crippen molar-refractivity contribution >= 4 is 34.2 Å². The molecule has 1 aliphatic rings. The van der Waals surface area contributed by atoms with Crippen molar-refractivity contribution < 1.29 is 23.5 Å². The third-order valence-corrected chi connectivity index (χ3v) is 6.91. The quantitative estimate of drug-likeness (QED) is 0.320. The maximum absolute atomic E-state index is 15.1. The van der Waals surface area contributed by atoms with E-state index < -0.39 is 23.7 Å². The first-order chi connectivity index (χ1) is 18.3. The number of amides is 2. The lowest BCUT2D eigenvalue weighted by Gasteiger charge is -2.28. The number of hydrogen-bond acceptors (Lipinski definition) is 4. The molecule has 0 aromatic heterocycles. The summed E-state index contributed by atoms with van der Waals surface area (Å²) >= 11 is 0. The maximum Gasteiger partial charge on any atom is 0.328 e. The Morgan fingerprint density at radius 3 is 2.34 bits per heavy atom. The molecular weight excluding hydrogens is 483 g/mol. The van der Waals surface area contributed by atoms with Crippen LogP contribution >= 0.6 is 0 Å². The first-order valence-corrected chi connectivity index (χ1v) is 12.4. The zero-order valence-electron chi connectivity index (χ0n) is 21.3. The van der Waals surface area contributed by atoms with E-state index in [0.29, 0.717) is 28.8 Å². The van der Waals surface area contributed by atoms with Gasteiger partial charge in [0.1, 0.15) is 11.9 Å². The van der Waals surface area contributed by atoms with E-state index in [2.05, 4.69) is 5.32 Å². The Bertz CT molecular complexity index is 1580. The minimum absolute atomic E-state index is 0.0631. The zero-order valence-corrected chi connectivity index (χ0v) is 21.3. The molecule has 0 radical (unpaired) electrons. The maximum atomic E-state index is 15.1. The van der Waals surface area contributed by atoms with Crippen LogP contribution in [0.3, 0.4) is 0 Å². The fourth-order valence-electron chi connectivity index (χ4n) is 4.93. The lowest BCUT2D eigenvalue weighted by atomic mass is 10.00. The Morgan fingerprint density at radius 2 is 1.63 bits per heavy atom. The molecule has 7 heteroatoms. The highest BCUT2D eigenvalue weighted by molar-refractivity contribution is 6.06. The Labute approximate surface area is 220 Å². The number of fused-ring (bicyclic) bond motifs is 2. The van der Waals surface area contributed by atoms with Crippen molar-refractivity contribution in [2.45, 2.75) is 26.4 Å². The Kier molecular flexibility index (Phi) is 6.68. The molecule has 1 atom stereocenters. The number of hydrogen-bond donors (Lipinski definition) is 1. The molecule has 1 N–H and O–H groups in total. The molecule has 0 aliphatic carbocycles. The summed E-state index contributed by atoms with van der Waals surface area (Å²) in [5, 5.41) is 4.58. The number of anilines is 1. The lowest BCUT2D eigenvalue weighted by Crippen LogP contribution is -2.45. The fraction of sp³-hybridized carbons (Fsp3) is 0.194. The van der Waals surface area contributed by atoms with Crippen molar-refractivity contribution in [2.24, 2.45) is 5.92 Å². The normalized spacial score (nSPS) is 13.5. The molecule has 0 bridgehead atoms. The summed E-state index contributed by atoms with van der Waals surface area (Å²) in [6.45, 7) is 4.04. The molecule has 1 heterocycles. The van der Waals surface area contributed by atoms with Crippen molar-refractivity contribution in [3.05, 3.63) is 101 Å². The van der Waals surface area contributed by atoms with Gasteiger partial charge in [0.25, 0.3) is 11.8 Å². The number of carbonyl (C=O) groups is 3. The van der Waals surface area contributed by atoms with E-state index in [1.54, 1.807) is 24.3 Å². The van der Waals surface area contributed by atoms with Gasteiger partial charge in [-0.3, -0.25) is 9.59 Å². The van der Waals surface area contributed by atoms with Crippen LogP contribution in [0, 0.1) is 11.7 Å². The van der Waals surface area contributed by atoms with Gasteiger partial charge < -0.3 is 15.0 Å². The van der Waals surface area contributed by atoms with E-state index in [1.165, 1.54) is 24.1 Å². The van der Waals surface area contributed by atoms with Gasteiger partial charge in [-0.2, -0.15) is 0 Å². The SMILES string of the molecule is COC(=O)C(C(C)C)N1Cc2ccc(-c3ccc(NC(=O)c4ccc5ccccc5c4)c(F)c3)cc2C1=O. The molecule has 0 saturated heterocycles. The van der Waals surface area contributed by atoms with E-state index in [-0.39, 0.29) is 17.5 Å². The van der Waals surface area contributed by atoms with Gasteiger partial charge in [0, 0.05) is 17.7 Å². The van der Waals surface area contributed by atoms with Gasteiger partial charge in [0.15, 0.2) is 0 Å². The predicted molar refractivity (Wildman–Crippen MR) is 144 cm³/mol. The molecule has 1 aliphatic heterocycles. The van der Waals surface area contributed by atoms with Crippen molar-refractivity contribution in [2.75, 3.05) is 12.4 Å². The molecule has 0 saturated carbocycles. The molecule has 6 nitrogen and oxygen atoms in total. The molecule has 0 spiro atoms. The molecule has 0 fully saturated rings. The summed E-state index contributed by atoms with van der Waals surface area (Å²) in [4.78, 5) is 39.8. The van der Waals surface area contributed by atoms with Crippen molar-refractivity contribution in [1.82, 2.24) is 4.90 Å². The average Bonchev–Trinajstić information content (AvgIpc) is 3.24. The number of nitrogens with one attached hydrogen (secondary N) is 1. The highest BCUT2D eigenvalue weighted by Crippen LogP contribution is 2.32. The number of benzene rings is 4. The first-order valence-electron chi connectivity index (χ1n) is 12.4. The van der Waals surface area contributed by atoms with Crippen LogP contribution in [-0.4, -0.2) is 35.8 Å². The van der Waals surface area contributed by atoms with E-state index >= 15 is 4.39 Å². The van der Waals surface area contributed by atoms with Crippen LogP contribution in [0.1, 0.15) is 40.1 Å². The molecular formula is C31H27FN2O4. The average molecular weight is 511 g/mol. The van der Waals surface area contributed by atoms with Crippen molar-refractivity contribution in [3.8, 4) is 11.1 Å². The largest absolute Gasteiger partial charge is 0.467 e. The van der Waals surface area contributed by atoms with E-state index in [9.17, 15) is 14.4 Å². The highest BCUT2D eigenvalue weighted by atomic mass is 19.1. The van der Waals surface area contributed by atoms with Gasteiger partial charge >= 0.3 is 5.97 Å². The molecule has 192 valence electrons. The molecule has 4 aromatic rings. The predicted octanol–water partition coefficient (Wildman–Crippen LogP) is 6.05. The van der Waals surface area contributed by atoms with Gasteiger partial charge in [-0.05, 0) is 63.7 Å². The van der Waals surface area contributed by atoms with Gasteiger partial charge in [-0.25, -0.2) is 9.18 Å². The van der Waals surface area contributed by atoms with Crippen LogP contribution in [0.2, 0.25) is 0 Å². The van der Waals surface area contributed by atoms with Gasteiger partial charge in [0.2, 0.25) is 0 Å². The molecule has 2 amide bonds. The molecule has 1 unspecified atom stereocenters. The Balaban J connectivity index is 1.36. The number of esters is 1. The van der Waals surface area contributed by atoms with E-state index in [4.69, 9.17) is 4.74 Å². The van der Waals surface area contributed by atoms with E-state index in [1.807, 2.05) is 56.3 Å². The molecule has 38 heavy (non-hydrogen) atoms. The number of halogens is 1. The third kappa shape index (κ3) is 4.63. The van der Waals surface area contributed by atoms with Gasteiger partial charge in [0.05, 0.1) is 12.8 Å². The summed E-state index contributed by atoms with van der Waals surface area (Å²) in [6.07, 6.45) is 0. The Hall–Kier alpha value is -4.52. The number of nitrogens with zero attached hydrogens (tertiary/aromatic N) is 1. The number of rotatable bonds is 6. The van der Waals surface area contributed by atoms with Gasteiger partial charge in [-0.1, -0.05) is 62.4 Å². The van der Waals surface area contributed by atoms with Crippen molar-refractivity contribution in [1.29, 1.82) is 0 Å². The minimum atomic E-state index is -0.689.